The van der Waals surface area contributed by atoms with Crippen LogP contribution in [0.15, 0.2) is 34.2 Å². The van der Waals surface area contributed by atoms with Gasteiger partial charge in [0.15, 0.2) is 5.16 Å². The van der Waals surface area contributed by atoms with E-state index in [0.29, 0.717) is 28.3 Å². The van der Waals surface area contributed by atoms with Crippen molar-refractivity contribution in [3.63, 3.8) is 0 Å². The van der Waals surface area contributed by atoms with Gasteiger partial charge in [0.1, 0.15) is 0 Å². The van der Waals surface area contributed by atoms with Gasteiger partial charge in [-0.3, -0.25) is 14.2 Å². The fourth-order valence-electron chi connectivity index (χ4n) is 5.03. The number of benzene rings is 1. The molecule has 2 heterocycles. The van der Waals surface area contributed by atoms with E-state index >= 15 is 0 Å². The van der Waals surface area contributed by atoms with Crippen molar-refractivity contribution in [2.24, 2.45) is 5.92 Å². The third-order valence-electron chi connectivity index (χ3n) is 6.58. The number of likely N-dealkylation sites (tertiary alicyclic amines) is 1. The lowest BCUT2D eigenvalue weighted by molar-refractivity contribution is -0.134. The molecular weight excluding hydrogens is 370 g/mol. The van der Waals surface area contributed by atoms with E-state index in [0.717, 1.165) is 37.7 Å². The predicted molar refractivity (Wildman–Crippen MR) is 112 cm³/mol. The molecule has 0 N–H and O–H groups in total. The molecule has 3 aliphatic rings. The lowest BCUT2D eigenvalue weighted by atomic mass is 9.78. The number of hydrogen-bond donors (Lipinski definition) is 0. The fourth-order valence-corrected chi connectivity index (χ4v) is 5.98. The Morgan fingerprint density at radius 3 is 2.71 bits per heavy atom. The third kappa shape index (κ3) is 3.36. The number of amides is 1. The quantitative estimate of drug-likeness (QED) is 0.578. The number of carbonyl (C=O) groups is 1. The Balaban J connectivity index is 1.37. The fraction of sp³-hybridized carbons (Fsp3) is 0.591. The SMILES string of the molecule is O=C(CSc1nc2ccccc2c(=O)n1C1CC1)N1CCC[C@@H]2CCCC[C@H]21. The van der Waals surface area contributed by atoms with Crippen molar-refractivity contribution in [3.8, 4) is 0 Å². The highest BCUT2D eigenvalue weighted by molar-refractivity contribution is 7.99. The molecule has 6 heteroatoms. The minimum absolute atomic E-state index is 0.0355. The van der Waals surface area contributed by atoms with Crippen LogP contribution in [0.2, 0.25) is 0 Å². The van der Waals surface area contributed by atoms with E-state index in [9.17, 15) is 9.59 Å². The van der Waals surface area contributed by atoms with Crippen LogP contribution in [-0.4, -0.2) is 38.7 Å². The number of piperidine rings is 1. The van der Waals surface area contributed by atoms with Gasteiger partial charge in [-0.15, -0.1) is 0 Å². The zero-order chi connectivity index (χ0) is 19.1. The summed E-state index contributed by atoms with van der Waals surface area (Å²) in [6, 6.07) is 8.21. The lowest BCUT2D eigenvalue weighted by Gasteiger charge is -2.44. The number of fused-ring (bicyclic) bond motifs is 2. The van der Waals surface area contributed by atoms with Crippen molar-refractivity contribution in [1.29, 1.82) is 0 Å². The van der Waals surface area contributed by atoms with Gasteiger partial charge in [0, 0.05) is 18.6 Å². The van der Waals surface area contributed by atoms with Crippen LogP contribution in [0.1, 0.15) is 57.4 Å². The van der Waals surface area contributed by atoms with Crippen LogP contribution in [0, 0.1) is 5.92 Å². The van der Waals surface area contributed by atoms with Gasteiger partial charge in [-0.1, -0.05) is 36.7 Å². The van der Waals surface area contributed by atoms with Gasteiger partial charge in [-0.2, -0.15) is 0 Å². The summed E-state index contributed by atoms with van der Waals surface area (Å²) in [5.74, 6) is 1.28. The first-order chi connectivity index (χ1) is 13.7. The molecule has 0 spiro atoms. The van der Waals surface area contributed by atoms with E-state index in [1.807, 2.05) is 28.8 Å². The van der Waals surface area contributed by atoms with Crippen LogP contribution in [0.3, 0.4) is 0 Å². The highest BCUT2D eigenvalue weighted by Crippen LogP contribution is 2.38. The van der Waals surface area contributed by atoms with Crippen molar-refractivity contribution in [1.82, 2.24) is 14.5 Å². The second-order valence-corrected chi connectivity index (χ2v) is 9.39. The van der Waals surface area contributed by atoms with E-state index in [4.69, 9.17) is 4.98 Å². The third-order valence-corrected chi connectivity index (χ3v) is 7.51. The standard InChI is InChI=1S/C22H27N3O2S/c26-20(24-13-5-7-15-6-1-4-10-19(15)24)14-28-22-23-18-9-3-2-8-17(18)21(27)25(22)16-11-12-16/h2-3,8-9,15-16,19H,1,4-7,10-14H2/t15-,19+/m0/s1. The number of thioether (sulfide) groups is 1. The molecule has 1 aromatic heterocycles. The number of aromatic nitrogens is 2. The number of rotatable bonds is 4. The molecule has 1 aliphatic heterocycles. The van der Waals surface area contributed by atoms with Crippen LogP contribution < -0.4 is 5.56 Å². The van der Waals surface area contributed by atoms with Gasteiger partial charge in [0.2, 0.25) is 5.91 Å². The first-order valence-electron chi connectivity index (χ1n) is 10.7. The van der Waals surface area contributed by atoms with E-state index in [2.05, 4.69) is 4.90 Å². The Morgan fingerprint density at radius 1 is 1.07 bits per heavy atom. The zero-order valence-electron chi connectivity index (χ0n) is 16.2. The molecule has 2 saturated carbocycles. The molecule has 2 aromatic rings. The molecule has 0 radical (unpaired) electrons. The number of nitrogens with zero attached hydrogens (tertiary/aromatic N) is 3. The molecule has 2 aliphatic carbocycles. The summed E-state index contributed by atoms with van der Waals surface area (Å²) in [4.78, 5) is 32.9. The Morgan fingerprint density at radius 2 is 1.86 bits per heavy atom. The molecule has 2 atom stereocenters. The normalized spacial score (nSPS) is 24.9. The van der Waals surface area contributed by atoms with E-state index in [1.165, 1.54) is 37.4 Å². The zero-order valence-corrected chi connectivity index (χ0v) is 17.0. The van der Waals surface area contributed by atoms with E-state index in [-0.39, 0.29) is 17.5 Å². The summed E-state index contributed by atoms with van der Waals surface area (Å²) in [5.41, 5.74) is 0.762. The van der Waals surface area contributed by atoms with Crippen LogP contribution in [-0.2, 0) is 4.79 Å². The monoisotopic (exact) mass is 397 g/mol. The molecule has 148 valence electrons. The van der Waals surface area contributed by atoms with Crippen molar-refractivity contribution >= 4 is 28.6 Å². The summed E-state index contributed by atoms with van der Waals surface area (Å²) < 4.78 is 1.83. The predicted octanol–water partition coefficient (Wildman–Crippen LogP) is 4.00. The second-order valence-electron chi connectivity index (χ2n) is 8.45. The Labute approximate surface area is 169 Å². The highest BCUT2D eigenvalue weighted by Gasteiger charge is 2.36. The first kappa shape index (κ1) is 18.2. The lowest BCUT2D eigenvalue weighted by Crippen LogP contribution is -2.50. The summed E-state index contributed by atoms with van der Waals surface area (Å²) in [6.45, 7) is 0.890. The second kappa shape index (κ2) is 7.54. The summed E-state index contributed by atoms with van der Waals surface area (Å²) >= 11 is 1.45. The van der Waals surface area contributed by atoms with Gasteiger partial charge in [-0.05, 0) is 56.6 Å². The minimum atomic E-state index is 0.0355. The molecular formula is C22H27N3O2S. The maximum atomic E-state index is 13.1. The Hall–Kier alpha value is -1.82. The van der Waals surface area contributed by atoms with E-state index < -0.39 is 0 Å². The van der Waals surface area contributed by atoms with Crippen molar-refractivity contribution in [2.75, 3.05) is 12.3 Å². The maximum Gasteiger partial charge on any atom is 0.262 e. The number of carbonyl (C=O) groups excluding carboxylic acids is 1. The Bertz CT molecular complexity index is 950. The molecule has 5 nitrogen and oxygen atoms in total. The van der Waals surface area contributed by atoms with Crippen molar-refractivity contribution in [2.45, 2.75) is 68.6 Å². The Kier molecular flexibility index (Phi) is 4.91. The highest BCUT2D eigenvalue weighted by atomic mass is 32.2. The van der Waals surface area contributed by atoms with Crippen molar-refractivity contribution in [3.05, 3.63) is 34.6 Å². The summed E-state index contributed by atoms with van der Waals surface area (Å²) in [7, 11) is 0. The van der Waals surface area contributed by atoms with Gasteiger partial charge < -0.3 is 4.90 Å². The maximum absolute atomic E-state index is 13.1. The van der Waals surface area contributed by atoms with Crippen molar-refractivity contribution < 1.29 is 4.79 Å². The molecule has 1 saturated heterocycles. The van der Waals surface area contributed by atoms with Crippen LogP contribution >= 0.6 is 11.8 Å². The summed E-state index contributed by atoms with van der Waals surface area (Å²) in [5, 5.41) is 1.38. The average molecular weight is 398 g/mol. The summed E-state index contributed by atoms with van der Waals surface area (Å²) in [6.07, 6.45) is 9.43. The first-order valence-corrected chi connectivity index (χ1v) is 11.6. The van der Waals surface area contributed by atoms with E-state index in [1.54, 1.807) is 0 Å². The largest absolute Gasteiger partial charge is 0.339 e. The topological polar surface area (TPSA) is 55.2 Å². The van der Waals surface area contributed by atoms with Gasteiger partial charge in [0.25, 0.3) is 5.56 Å². The molecule has 28 heavy (non-hydrogen) atoms. The van der Waals surface area contributed by atoms with Crippen LogP contribution in [0.25, 0.3) is 10.9 Å². The molecule has 5 rings (SSSR count). The molecule has 1 amide bonds. The average Bonchev–Trinajstić information content (AvgIpc) is 3.56. The van der Waals surface area contributed by atoms with Gasteiger partial charge >= 0.3 is 0 Å². The molecule has 0 unspecified atom stereocenters. The molecule has 1 aromatic carbocycles. The van der Waals surface area contributed by atoms with Gasteiger partial charge in [-0.25, -0.2) is 4.98 Å². The van der Waals surface area contributed by atoms with Crippen LogP contribution in [0.4, 0.5) is 0 Å². The molecule has 3 fully saturated rings. The van der Waals surface area contributed by atoms with Crippen LogP contribution in [0.5, 0.6) is 0 Å². The smallest absolute Gasteiger partial charge is 0.262 e. The number of hydrogen-bond acceptors (Lipinski definition) is 4. The van der Waals surface area contributed by atoms with Gasteiger partial charge in [0.05, 0.1) is 16.7 Å². The minimum Gasteiger partial charge on any atom is -0.339 e. The number of para-hydroxylation sites is 1. The molecule has 0 bridgehead atoms.